The summed E-state index contributed by atoms with van der Waals surface area (Å²) in [6, 6.07) is 8.58. The predicted octanol–water partition coefficient (Wildman–Crippen LogP) is 4.05. The molecule has 2 rings (SSSR count). The lowest BCUT2D eigenvalue weighted by Gasteiger charge is -2.31. The zero-order valence-corrected chi connectivity index (χ0v) is 16.3. The summed E-state index contributed by atoms with van der Waals surface area (Å²) in [5.74, 6) is 1.30. The van der Waals surface area contributed by atoms with Crippen LogP contribution in [0.2, 0.25) is 0 Å². The van der Waals surface area contributed by atoms with Crippen molar-refractivity contribution in [2.45, 2.75) is 58.9 Å². The van der Waals surface area contributed by atoms with E-state index in [1.807, 2.05) is 0 Å². The molecule has 3 nitrogen and oxygen atoms in total. The molecule has 1 aliphatic heterocycles. The van der Waals surface area contributed by atoms with Gasteiger partial charge < -0.3 is 10.6 Å². The summed E-state index contributed by atoms with van der Waals surface area (Å²) in [4.78, 5) is 12.5. The van der Waals surface area contributed by atoms with Gasteiger partial charge in [0, 0.05) is 6.42 Å². The van der Waals surface area contributed by atoms with Crippen LogP contribution in [0.4, 0.5) is 0 Å². The molecule has 2 N–H and O–H groups in total. The highest BCUT2D eigenvalue weighted by Gasteiger charge is 2.26. The zero-order chi connectivity index (χ0) is 16.9. The Morgan fingerprint density at radius 1 is 1.25 bits per heavy atom. The van der Waals surface area contributed by atoms with Gasteiger partial charge in [0.05, 0.1) is 5.54 Å². The van der Waals surface area contributed by atoms with Gasteiger partial charge in [-0.05, 0) is 69.2 Å². The third kappa shape index (κ3) is 5.78. The molecule has 1 fully saturated rings. The Hall–Kier alpha value is -1.06. The molecule has 4 heteroatoms. The van der Waals surface area contributed by atoms with Crippen LogP contribution in [0, 0.1) is 11.8 Å². The Labute approximate surface area is 153 Å². The van der Waals surface area contributed by atoms with Crippen LogP contribution in [0.5, 0.6) is 0 Å². The number of hydrogen-bond acceptors (Lipinski definition) is 2. The smallest absolute Gasteiger partial charge is 0.220 e. The predicted molar refractivity (Wildman–Crippen MR) is 104 cm³/mol. The first kappa shape index (κ1) is 21.0. The minimum absolute atomic E-state index is 0. The summed E-state index contributed by atoms with van der Waals surface area (Å²) in [7, 11) is 0. The second-order valence-corrected chi connectivity index (χ2v) is 7.49. The Bertz CT molecular complexity index is 507. The highest BCUT2D eigenvalue weighted by atomic mass is 35.5. The van der Waals surface area contributed by atoms with Crippen molar-refractivity contribution in [2.75, 3.05) is 13.1 Å². The number of hydrogen-bond donors (Lipinski definition) is 2. The fourth-order valence-corrected chi connectivity index (χ4v) is 3.50. The lowest BCUT2D eigenvalue weighted by atomic mass is 9.83. The van der Waals surface area contributed by atoms with E-state index in [0.29, 0.717) is 18.3 Å². The molecule has 0 saturated carbocycles. The average molecular weight is 353 g/mol. The van der Waals surface area contributed by atoms with Crippen molar-refractivity contribution in [3.05, 3.63) is 35.4 Å². The van der Waals surface area contributed by atoms with Crippen LogP contribution in [0.15, 0.2) is 24.3 Å². The van der Waals surface area contributed by atoms with Gasteiger partial charge >= 0.3 is 0 Å². The van der Waals surface area contributed by atoms with Crippen LogP contribution in [0.1, 0.15) is 58.1 Å². The second kappa shape index (κ2) is 9.43. The first-order chi connectivity index (χ1) is 10.9. The van der Waals surface area contributed by atoms with Crippen LogP contribution < -0.4 is 10.6 Å². The highest BCUT2D eigenvalue weighted by molar-refractivity contribution is 5.85. The average Bonchev–Trinajstić information content (AvgIpc) is 2.55. The molecule has 0 aromatic heterocycles. The number of amides is 1. The largest absolute Gasteiger partial charge is 0.347 e. The van der Waals surface area contributed by atoms with Crippen molar-refractivity contribution < 1.29 is 4.79 Å². The van der Waals surface area contributed by atoms with E-state index < -0.39 is 0 Å². The number of aryl methyl sites for hydroxylation is 1. The summed E-state index contributed by atoms with van der Waals surface area (Å²) >= 11 is 0. The Morgan fingerprint density at radius 2 is 1.83 bits per heavy atom. The Balaban J connectivity index is 0.00000288. The van der Waals surface area contributed by atoms with Crippen molar-refractivity contribution in [2.24, 2.45) is 11.8 Å². The molecule has 1 aromatic carbocycles. The Kier molecular flexibility index (Phi) is 8.24. The number of nitrogens with one attached hydrogen (secondary N) is 2. The molecule has 1 aromatic rings. The SMILES string of the molecule is CCc1ccc(C(C)(C)NC(=O)CC(C)C2CCNCC2)cc1.Cl. The minimum atomic E-state index is -0.322. The number of carbonyl (C=O) groups excluding carboxylic acids is 1. The molecule has 0 radical (unpaired) electrons. The molecule has 1 saturated heterocycles. The van der Waals surface area contributed by atoms with Crippen LogP contribution in [-0.2, 0) is 16.8 Å². The number of benzene rings is 1. The molecule has 1 amide bonds. The lowest BCUT2D eigenvalue weighted by molar-refractivity contribution is -0.124. The van der Waals surface area contributed by atoms with Crippen molar-refractivity contribution in [3.8, 4) is 0 Å². The monoisotopic (exact) mass is 352 g/mol. The second-order valence-electron chi connectivity index (χ2n) is 7.49. The van der Waals surface area contributed by atoms with Crippen molar-refractivity contribution in [1.29, 1.82) is 0 Å². The Morgan fingerprint density at radius 3 is 2.38 bits per heavy atom. The maximum Gasteiger partial charge on any atom is 0.220 e. The first-order valence-corrected chi connectivity index (χ1v) is 9.03. The normalized spacial score (nSPS) is 17.0. The standard InChI is InChI=1S/C20H32N2O.ClH/c1-5-16-6-8-18(9-7-16)20(3,4)22-19(23)14-15(2)17-10-12-21-13-11-17;/h6-9,15,17,21H,5,10-14H2,1-4H3,(H,22,23);1H. The van der Waals surface area contributed by atoms with Crippen LogP contribution in [0.3, 0.4) is 0 Å². The first-order valence-electron chi connectivity index (χ1n) is 9.03. The zero-order valence-electron chi connectivity index (χ0n) is 15.5. The number of halogens is 1. The van der Waals surface area contributed by atoms with Gasteiger partial charge in [-0.25, -0.2) is 0 Å². The molecule has 0 aliphatic carbocycles. The van der Waals surface area contributed by atoms with Crippen molar-refractivity contribution in [1.82, 2.24) is 10.6 Å². The molecule has 1 aliphatic rings. The van der Waals surface area contributed by atoms with Gasteiger partial charge in [-0.15, -0.1) is 12.4 Å². The van der Waals surface area contributed by atoms with E-state index in [0.717, 1.165) is 25.1 Å². The molecular weight excluding hydrogens is 320 g/mol. The van der Waals surface area contributed by atoms with E-state index in [4.69, 9.17) is 0 Å². The van der Waals surface area contributed by atoms with Gasteiger partial charge in [-0.3, -0.25) is 4.79 Å². The van der Waals surface area contributed by atoms with E-state index in [1.54, 1.807) is 0 Å². The quantitative estimate of drug-likeness (QED) is 0.811. The van der Waals surface area contributed by atoms with Gasteiger partial charge in [0.25, 0.3) is 0 Å². The highest BCUT2D eigenvalue weighted by Crippen LogP contribution is 2.26. The molecular formula is C20H33ClN2O. The molecule has 0 bridgehead atoms. The molecule has 1 heterocycles. The van der Waals surface area contributed by atoms with Gasteiger partial charge in [-0.2, -0.15) is 0 Å². The summed E-state index contributed by atoms with van der Waals surface area (Å²) in [5, 5.41) is 6.62. The van der Waals surface area contributed by atoms with Crippen molar-refractivity contribution in [3.63, 3.8) is 0 Å². The van der Waals surface area contributed by atoms with Crippen molar-refractivity contribution >= 4 is 18.3 Å². The van der Waals surface area contributed by atoms with Crippen LogP contribution in [-0.4, -0.2) is 19.0 Å². The fraction of sp³-hybridized carbons (Fsp3) is 0.650. The topological polar surface area (TPSA) is 41.1 Å². The maximum absolute atomic E-state index is 12.5. The molecule has 0 spiro atoms. The fourth-order valence-electron chi connectivity index (χ4n) is 3.50. The third-order valence-corrected chi connectivity index (χ3v) is 5.23. The third-order valence-electron chi connectivity index (χ3n) is 5.23. The molecule has 1 unspecified atom stereocenters. The lowest BCUT2D eigenvalue weighted by Crippen LogP contribution is -2.42. The van der Waals surface area contributed by atoms with E-state index in [-0.39, 0.29) is 23.9 Å². The van der Waals surface area contributed by atoms with Gasteiger partial charge in [0.1, 0.15) is 0 Å². The van der Waals surface area contributed by atoms with Gasteiger partial charge in [-0.1, -0.05) is 38.1 Å². The van der Waals surface area contributed by atoms with E-state index >= 15 is 0 Å². The van der Waals surface area contributed by atoms with E-state index in [1.165, 1.54) is 18.4 Å². The summed E-state index contributed by atoms with van der Waals surface area (Å²) in [6.45, 7) is 10.7. The summed E-state index contributed by atoms with van der Waals surface area (Å²) in [6.07, 6.45) is 4.05. The van der Waals surface area contributed by atoms with Gasteiger partial charge in [0.2, 0.25) is 5.91 Å². The number of piperidine rings is 1. The van der Waals surface area contributed by atoms with E-state index in [9.17, 15) is 4.79 Å². The molecule has 1 atom stereocenters. The molecule has 136 valence electrons. The molecule has 24 heavy (non-hydrogen) atoms. The van der Waals surface area contributed by atoms with Gasteiger partial charge in [0.15, 0.2) is 0 Å². The number of rotatable bonds is 6. The van der Waals surface area contributed by atoms with Crippen LogP contribution >= 0.6 is 12.4 Å². The van der Waals surface area contributed by atoms with Crippen LogP contribution in [0.25, 0.3) is 0 Å². The van der Waals surface area contributed by atoms with E-state index in [2.05, 4.69) is 62.6 Å². The summed E-state index contributed by atoms with van der Waals surface area (Å²) in [5.41, 5.74) is 2.17. The maximum atomic E-state index is 12.5. The summed E-state index contributed by atoms with van der Waals surface area (Å²) < 4.78 is 0. The minimum Gasteiger partial charge on any atom is -0.347 e. The number of carbonyl (C=O) groups is 1.